The van der Waals surface area contributed by atoms with Crippen molar-refractivity contribution in [2.45, 2.75) is 112 Å². The highest BCUT2D eigenvalue weighted by Crippen LogP contribution is 2.49. The molecule has 32 heteroatoms. The lowest BCUT2D eigenvalue weighted by Crippen LogP contribution is -2.60. The van der Waals surface area contributed by atoms with Gasteiger partial charge in [0.1, 0.15) is 101 Å². The number of thiocarbonyl (C=S) groups is 1. The molecule has 0 spiro atoms. The summed E-state index contributed by atoms with van der Waals surface area (Å²) >= 11 is 20.0. The molecule has 0 saturated carbocycles. The van der Waals surface area contributed by atoms with E-state index in [2.05, 4.69) is 37.2 Å². The Morgan fingerprint density at radius 3 is 1.90 bits per heavy atom. The topological polar surface area (TPSA) is 469 Å². The van der Waals surface area contributed by atoms with Crippen LogP contribution in [0.15, 0.2) is 78.9 Å². The van der Waals surface area contributed by atoms with Crippen molar-refractivity contribution >= 4 is 81.8 Å². The molecular weight excluding hydrogens is 1260 g/mol. The molecule has 29 nitrogen and oxygen atoms in total. The number of nitrogens with one attached hydrogen (secondary N) is 7. The third-order valence-corrected chi connectivity index (χ3v) is 16.3. The monoisotopic (exact) mass is 1320 g/mol. The number of carboxylic acid groups (broad SMARTS) is 1. The zero-order valence-electron chi connectivity index (χ0n) is 48.0. The van der Waals surface area contributed by atoms with Crippen molar-refractivity contribution in [3.05, 3.63) is 117 Å². The van der Waals surface area contributed by atoms with E-state index in [1.165, 1.54) is 25.2 Å². The number of hydrogen-bond acceptors (Lipinski definition) is 22. The third-order valence-electron chi connectivity index (χ3n) is 15.4. The summed E-state index contributed by atoms with van der Waals surface area (Å²) in [6, 6.07) is 1.03. The maximum atomic E-state index is 15.3. The molecule has 6 heterocycles. The first-order chi connectivity index (χ1) is 43.1. The Morgan fingerprint density at radius 2 is 1.32 bits per heavy atom. The standard InChI is InChI=1S/C59H62Cl2N8O21S/c1-20(2)10-30(63-3)52(80)67-44-46(75)22-5-8-34(28(60)12-22)87-36-14-24-15-37(51(36)90-59-50(79)49(78)48(77)38(19-70)89-59)88-35-9-6-23(13-29(35)61)47(76)45-56(84)66-43(58(85)86)27-16-25(71)17-33(73)40(27)26-11-21(4-7-32(26)72)41(54(82)68-45)69-57(91)42(24)65-53(81)31(18-39(62)74)64-55(44)83/h4-9,11-17,20,30-31,38,41-50,59,63,70-73,75-79H,10,18-19H2,1-3H3,(H2,62,74)(H,64,83)(H,65,81)(H,66,84)(H,67,80)(H,68,82)(H,69,91)(H,85,86)/t30-,31+,38?,41-,42-,43+,44-,45+,46-,47-,48?,49+,50-,59+/m1/s1. The van der Waals surface area contributed by atoms with Gasteiger partial charge in [0, 0.05) is 22.8 Å². The van der Waals surface area contributed by atoms with Crippen LogP contribution >= 0.6 is 35.4 Å². The van der Waals surface area contributed by atoms with Crippen molar-refractivity contribution in [3.63, 3.8) is 0 Å². The molecule has 2 unspecified atom stereocenters. The minimum atomic E-state index is -2.20. The van der Waals surface area contributed by atoms with E-state index in [0.717, 1.165) is 60.7 Å². The van der Waals surface area contributed by atoms with Crippen LogP contribution in [0.2, 0.25) is 10.0 Å². The molecule has 6 aliphatic rings. The van der Waals surface area contributed by atoms with E-state index in [1.54, 1.807) is 0 Å². The number of fused-ring (bicyclic) bond motifs is 15. The molecule has 5 aromatic carbocycles. The molecule has 0 radical (unpaired) electrons. The fraction of sp³-hybridized carbons (Fsp3) is 0.356. The molecule has 5 aromatic rings. The van der Waals surface area contributed by atoms with Crippen LogP contribution < -0.4 is 57.2 Å². The van der Waals surface area contributed by atoms with Gasteiger partial charge in [-0.3, -0.25) is 28.8 Å². The first kappa shape index (κ1) is 66.8. The van der Waals surface area contributed by atoms with E-state index >= 15 is 9.59 Å². The van der Waals surface area contributed by atoms with E-state index in [0.29, 0.717) is 0 Å². The number of aliphatic carboxylic acids is 1. The Hall–Kier alpha value is -8.66. The van der Waals surface area contributed by atoms with Gasteiger partial charge in [0.25, 0.3) is 0 Å². The molecule has 14 atom stereocenters. The number of phenolic OH excluding ortho intramolecular Hbond substituents is 3. The summed E-state index contributed by atoms with van der Waals surface area (Å²) in [5.41, 5.74) is 3.51. The van der Waals surface area contributed by atoms with Gasteiger partial charge in [-0.1, -0.05) is 67.5 Å². The Labute approximate surface area is 531 Å². The molecule has 11 rings (SSSR count). The fourth-order valence-electron chi connectivity index (χ4n) is 10.7. The van der Waals surface area contributed by atoms with Crippen molar-refractivity contribution in [1.29, 1.82) is 0 Å². The van der Waals surface area contributed by atoms with E-state index in [1.807, 2.05) is 13.8 Å². The number of benzene rings is 5. The smallest absolute Gasteiger partial charge is 0.330 e. The van der Waals surface area contributed by atoms with Crippen molar-refractivity contribution in [2.75, 3.05) is 13.7 Å². The minimum absolute atomic E-state index is 0.0655. The first-order valence-corrected chi connectivity index (χ1v) is 29.1. The number of halogens is 2. The maximum Gasteiger partial charge on any atom is 0.330 e. The number of carboxylic acids is 1. The van der Waals surface area contributed by atoms with Crippen LogP contribution in [0.5, 0.6) is 46.0 Å². The van der Waals surface area contributed by atoms with Crippen LogP contribution in [0.25, 0.3) is 11.1 Å². The largest absolute Gasteiger partial charge is 0.508 e. The molecule has 484 valence electrons. The fourth-order valence-corrected chi connectivity index (χ4v) is 11.5. The number of rotatable bonds is 11. The summed E-state index contributed by atoms with van der Waals surface area (Å²) in [5, 5.41) is 129. The molecule has 1 saturated heterocycles. The molecule has 0 aromatic heterocycles. The van der Waals surface area contributed by atoms with E-state index in [9.17, 15) is 75.0 Å². The average Bonchev–Trinajstić information content (AvgIpc) is 0.790. The summed E-state index contributed by atoms with van der Waals surface area (Å²) < 4.78 is 25.0. The summed E-state index contributed by atoms with van der Waals surface area (Å²) in [6.45, 7) is 2.74. The first-order valence-electron chi connectivity index (χ1n) is 27.9. The number of carbonyl (C=O) groups is 7. The summed E-state index contributed by atoms with van der Waals surface area (Å²) in [6.07, 6.45) is -14.5. The second kappa shape index (κ2) is 27.4. The van der Waals surface area contributed by atoms with Crippen LogP contribution in [0, 0.1) is 5.92 Å². The normalized spacial score (nSPS) is 26.2. The quantitative estimate of drug-likeness (QED) is 0.0808. The molecule has 19 N–H and O–H groups in total. The van der Waals surface area contributed by atoms with Crippen molar-refractivity contribution in [2.24, 2.45) is 11.7 Å². The Kier molecular flexibility index (Phi) is 20.1. The van der Waals surface area contributed by atoms with Crippen LogP contribution in [0.4, 0.5) is 0 Å². The molecule has 0 aliphatic carbocycles. The number of nitrogens with two attached hydrogens (primary N) is 1. The van der Waals surface area contributed by atoms with Crippen LogP contribution in [-0.2, 0) is 38.3 Å². The lowest BCUT2D eigenvalue weighted by Gasteiger charge is -2.39. The van der Waals surface area contributed by atoms with E-state index in [-0.39, 0.29) is 61.7 Å². The van der Waals surface area contributed by atoms with E-state index in [4.69, 9.17) is 60.1 Å². The SMILES string of the molecule is CN[C@H](CC(C)C)C(=O)N[C@H]1C(=O)N[C@@H](CC(N)=O)C(=O)N[C@H]2C(=S)N[C@H]3C(=O)N[C@H](C(=O)N[C@H](C(=O)O)c4cc(O)cc(O)c4-c4cc3ccc4O)[C@H](O)c3ccc(c(Cl)c3)Oc3cc2cc(c3O[C@@H]2OC(CO)C(O)[C@H](O)[C@H]2O)Oc2ccc(cc2Cl)[C@H]1O. The van der Waals surface area contributed by atoms with Gasteiger partial charge in [-0.05, 0) is 96.2 Å². The summed E-state index contributed by atoms with van der Waals surface area (Å²) in [4.78, 5) is 99.4. The Bertz CT molecular complexity index is 3730. The van der Waals surface area contributed by atoms with Crippen molar-refractivity contribution in [1.82, 2.24) is 37.2 Å². The zero-order chi connectivity index (χ0) is 66.2. The Balaban J connectivity index is 1.32. The van der Waals surface area contributed by atoms with Gasteiger partial charge < -0.3 is 113 Å². The zero-order valence-corrected chi connectivity index (χ0v) is 50.3. The average molecular weight is 1320 g/mol. The predicted molar refractivity (Wildman–Crippen MR) is 320 cm³/mol. The lowest BCUT2D eigenvalue weighted by atomic mass is 9.89. The number of carbonyl (C=O) groups excluding carboxylic acids is 6. The Morgan fingerprint density at radius 1 is 0.692 bits per heavy atom. The summed E-state index contributed by atoms with van der Waals surface area (Å²) in [5.74, 6) is -13.4. The highest BCUT2D eigenvalue weighted by Gasteiger charge is 2.47. The molecule has 91 heavy (non-hydrogen) atoms. The second-order valence-electron chi connectivity index (χ2n) is 22.2. The van der Waals surface area contributed by atoms with Crippen molar-refractivity contribution < 1.29 is 104 Å². The highest BCUT2D eigenvalue weighted by atomic mass is 35.5. The number of aliphatic hydroxyl groups is 6. The number of likely N-dealkylation sites (N-methyl/N-ethyl adjacent to an activating group) is 1. The number of aromatic hydroxyl groups is 3. The van der Waals surface area contributed by atoms with Gasteiger partial charge in [0.2, 0.25) is 47.5 Å². The number of primary amides is 1. The second-order valence-corrected chi connectivity index (χ2v) is 23.4. The maximum absolute atomic E-state index is 15.3. The van der Waals surface area contributed by atoms with Gasteiger partial charge in [-0.2, -0.15) is 0 Å². The molecule has 6 aliphatic heterocycles. The molecule has 1 fully saturated rings. The van der Waals surface area contributed by atoms with Crippen molar-refractivity contribution in [3.8, 4) is 57.1 Å². The van der Waals surface area contributed by atoms with Crippen LogP contribution in [0.1, 0.15) is 84.8 Å². The van der Waals surface area contributed by atoms with Gasteiger partial charge in [-0.25, -0.2) is 4.79 Å². The van der Waals surface area contributed by atoms with Gasteiger partial charge >= 0.3 is 5.97 Å². The number of phenols is 3. The third kappa shape index (κ3) is 14.1. The van der Waals surface area contributed by atoms with Crippen LogP contribution in [0.3, 0.4) is 0 Å². The number of aliphatic hydroxyl groups excluding tert-OH is 6. The molecule has 11 bridgehead atoms. The van der Waals surface area contributed by atoms with Gasteiger partial charge in [0.15, 0.2) is 17.5 Å². The highest BCUT2D eigenvalue weighted by molar-refractivity contribution is 7.80. The number of amides is 6. The summed E-state index contributed by atoms with van der Waals surface area (Å²) in [7, 11) is 1.49. The van der Waals surface area contributed by atoms with Gasteiger partial charge in [0.05, 0.1) is 29.1 Å². The predicted octanol–water partition coefficient (Wildman–Crippen LogP) is 0.670. The molecular formula is C59H62Cl2N8O21S. The van der Waals surface area contributed by atoms with Gasteiger partial charge in [-0.15, -0.1) is 0 Å². The number of hydrogen-bond donors (Lipinski definition) is 18. The molecule has 6 amide bonds. The lowest BCUT2D eigenvalue weighted by molar-refractivity contribution is -0.277. The van der Waals surface area contributed by atoms with Crippen LogP contribution in [-0.4, -0.2) is 166 Å². The number of ether oxygens (including phenoxy) is 4. The minimum Gasteiger partial charge on any atom is -0.508 e. The van der Waals surface area contributed by atoms with E-state index < -0.39 is 190 Å².